The average molecular weight is 288 g/mol. The van der Waals surface area contributed by atoms with Gasteiger partial charge in [-0.15, -0.1) is 0 Å². The lowest BCUT2D eigenvalue weighted by molar-refractivity contribution is -0.188. The molecule has 0 aliphatic carbocycles. The Labute approximate surface area is 123 Å². The van der Waals surface area contributed by atoms with Crippen molar-refractivity contribution in [3.05, 3.63) is 0 Å². The Morgan fingerprint density at radius 3 is 2.05 bits per heavy atom. The highest BCUT2D eigenvalue weighted by Crippen LogP contribution is 2.40. The van der Waals surface area contributed by atoms with E-state index in [1.54, 1.807) is 0 Å². The molecule has 0 saturated carbocycles. The lowest BCUT2D eigenvalue weighted by Crippen LogP contribution is -2.50. The van der Waals surface area contributed by atoms with E-state index in [1.807, 2.05) is 0 Å². The third kappa shape index (κ3) is 4.99. The van der Waals surface area contributed by atoms with Crippen molar-refractivity contribution in [3.8, 4) is 0 Å². The van der Waals surface area contributed by atoms with E-state index in [9.17, 15) is 15.3 Å². The van der Waals surface area contributed by atoms with Crippen molar-refractivity contribution in [2.45, 2.75) is 84.7 Å². The van der Waals surface area contributed by atoms with Gasteiger partial charge in [0.25, 0.3) is 0 Å². The van der Waals surface area contributed by atoms with Crippen LogP contribution in [0.15, 0.2) is 0 Å². The first-order valence-corrected chi connectivity index (χ1v) is 7.73. The summed E-state index contributed by atoms with van der Waals surface area (Å²) in [6, 6.07) is 0. The summed E-state index contributed by atoms with van der Waals surface area (Å²) >= 11 is 0. The summed E-state index contributed by atoms with van der Waals surface area (Å²) in [4.78, 5) is 0. The maximum absolute atomic E-state index is 10.1. The van der Waals surface area contributed by atoms with E-state index in [4.69, 9.17) is 4.74 Å². The van der Waals surface area contributed by atoms with Gasteiger partial charge in [0.05, 0.1) is 24.9 Å². The Kier molecular flexibility index (Phi) is 6.02. The van der Waals surface area contributed by atoms with Crippen molar-refractivity contribution in [2.24, 2.45) is 10.8 Å². The first-order valence-electron chi connectivity index (χ1n) is 7.73. The second-order valence-corrected chi connectivity index (χ2v) is 7.83. The van der Waals surface area contributed by atoms with Crippen LogP contribution in [0, 0.1) is 10.8 Å². The molecule has 4 atom stereocenters. The van der Waals surface area contributed by atoms with Gasteiger partial charge in [-0.3, -0.25) is 0 Å². The molecule has 0 aromatic heterocycles. The molecule has 1 heterocycles. The van der Waals surface area contributed by atoms with Gasteiger partial charge in [-0.25, -0.2) is 0 Å². The molecule has 4 unspecified atom stereocenters. The molecule has 4 nitrogen and oxygen atoms in total. The fraction of sp³-hybridized carbons (Fsp3) is 1.00. The minimum atomic E-state index is -0.776. The highest BCUT2D eigenvalue weighted by molar-refractivity contribution is 4.89. The molecule has 1 saturated heterocycles. The van der Waals surface area contributed by atoms with Crippen LogP contribution in [0.1, 0.15) is 60.3 Å². The number of aliphatic hydroxyl groups excluding tert-OH is 3. The van der Waals surface area contributed by atoms with Crippen LogP contribution in [-0.4, -0.2) is 46.3 Å². The van der Waals surface area contributed by atoms with Crippen molar-refractivity contribution >= 4 is 0 Å². The maximum atomic E-state index is 10.1. The van der Waals surface area contributed by atoms with Gasteiger partial charge >= 0.3 is 0 Å². The molecule has 0 spiro atoms. The van der Waals surface area contributed by atoms with Crippen LogP contribution in [0.25, 0.3) is 0 Å². The monoisotopic (exact) mass is 288 g/mol. The SMILES string of the molecule is CCC(C)(C)CC(C)(C)CC1OC(CO)C(O)CC1O. The third-order valence-corrected chi connectivity index (χ3v) is 4.54. The molecule has 120 valence electrons. The highest BCUT2D eigenvalue weighted by Gasteiger charge is 2.39. The summed E-state index contributed by atoms with van der Waals surface area (Å²) in [5, 5.41) is 29.1. The van der Waals surface area contributed by atoms with Gasteiger partial charge in [-0.1, -0.05) is 41.0 Å². The van der Waals surface area contributed by atoms with Gasteiger partial charge in [-0.2, -0.15) is 0 Å². The predicted molar refractivity (Wildman–Crippen MR) is 79.5 cm³/mol. The quantitative estimate of drug-likeness (QED) is 0.700. The van der Waals surface area contributed by atoms with Gasteiger partial charge < -0.3 is 20.1 Å². The van der Waals surface area contributed by atoms with E-state index < -0.39 is 18.3 Å². The number of aliphatic hydroxyl groups is 3. The zero-order chi connectivity index (χ0) is 15.6. The molecule has 1 aliphatic rings. The number of ether oxygens (including phenoxy) is 1. The molecule has 0 radical (unpaired) electrons. The van der Waals surface area contributed by atoms with E-state index in [1.165, 1.54) is 0 Å². The zero-order valence-electron chi connectivity index (χ0n) is 13.6. The molecule has 1 rings (SSSR count). The van der Waals surface area contributed by atoms with Crippen molar-refractivity contribution in [2.75, 3.05) is 6.61 Å². The van der Waals surface area contributed by atoms with E-state index in [0.29, 0.717) is 0 Å². The maximum Gasteiger partial charge on any atom is 0.107 e. The van der Waals surface area contributed by atoms with Crippen molar-refractivity contribution in [3.63, 3.8) is 0 Å². The number of rotatable bonds is 6. The molecule has 4 heteroatoms. The molecule has 0 bridgehead atoms. The largest absolute Gasteiger partial charge is 0.394 e. The van der Waals surface area contributed by atoms with Gasteiger partial charge in [0, 0.05) is 6.42 Å². The van der Waals surface area contributed by atoms with Crippen LogP contribution in [-0.2, 0) is 4.74 Å². The Balaban J connectivity index is 2.65. The van der Waals surface area contributed by atoms with E-state index in [-0.39, 0.29) is 30.0 Å². The first-order chi connectivity index (χ1) is 9.10. The third-order valence-electron chi connectivity index (χ3n) is 4.54. The Hall–Kier alpha value is -0.160. The van der Waals surface area contributed by atoms with Gasteiger partial charge in [0.15, 0.2) is 0 Å². The average Bonchev–Trinajstić information content (AvgIpc) is 2.31. The van der Waals surface area contributed by atoms with E-state index in [0.717, 1.165) is 19.3 Å². The van der Waals surface area contributed by atoms with Crippen molar-refractivity contribution in [1.82, 2.24) is 0 Å². The number of hydrogen-bond donors (Lipinski definition) is 3. The molecular formula is C16H32O4. The summed E-state index contributed by atoms with van der Waals surface area (Å²) in [7, 11) is 0. The highest BCUT2D eigenvalue weighted by atomic mass is 16.5. The Morgan fingerprint density at radius 2 is 1.55 bits per heavy atom. The van der Waals surface area contributed by atoms with Crippen LogP contribution in [0.4, 0.5) is 0 Å². The molecule has 3 N–H and O–H groups in total. The second-order valence-electron chi connectivity index (χ2n) is 7.83. The van der Waals surface area contributed by atoms with Crippen LogP contribution >= 0.6 is 0 Å². The van der Waals surface area contributed by atoms with E-state index >= 15 is 0 Å². The summed E-state index contributed by atoms with van der Waals surface area (Å²) in [6.45, 7) is 10.9. The molecule has 0 aromatic rings. The standard InChI is InChI=1S/C16H32O4/c1-6-15(2,3)10-16(4,5)8-13-11(18)7-12(19)14(9-17)20-13/h11-14,17-19H,6-10H2,1-5H3. The summed E-state index contributed by atoms with van der Waals surface area (Å²) in [5.41, 5.74) is 0.312. The summed E-state index contributed by atoms with van der Waals surface area (Å²) in [5.74, 6) is 0. The van der Waals surface area contributed by atoms with Crippen LogP contribution in [0.3, 0.4) is 0 Å². The lowest BCUT2D eigenvalue weighted by Gasteiger charge is -2.42. The molecule has 1 aliphatic heterocycles. The molecule has 0 amide bonds. The minimum Gasteiger partial charge on any atom is -0.394 e. The van der Waals surface area contributed by atoms with Crippen molar-refractivity contribution < 1.29 is 20.1 Å². The molecule has 20 heavy (non-hydrogen) atoms. The Morgan fingerprint density at radius 1 is 1.00 bits per heavy atom. The second kappa shape index (κ2) is 6.73. The summed E-state index contributed by atoms with van der Waals surface area (Å²) < 4.78 is 5.69. The van der Waals surface area contributed by atoms with Gasteiger partial charge in [0.1, 0.15) is 6.10 Å². The predicted octanol–water partition coefficient (Wildman–Crippen LogP) is 2.10. The van der Waals surface area contributed by atoms with Crippen LogP contribution in [0.5, 0.6) is 0 Å². The number of hydrogen-bond acceptors (Lipinski definition) is 4. The van der Waals surface area contributed by atoms with Crippen LogP contribution < -0.4 is 0 Å². The summed E-state index contributed by atoms with van der Waals surface area (Å²) in [6.07, 6.45) is 0.872. The topological polar surface area (TPSA) is 69.9 Å². The zero-order valence-corrected chi connectivity index (χ0v) is 13.6. The fourth-order valence-corrected chi connectivity index (χ4v) is 3.34. The molecular weight excluding hydrogens is 256 g/mol. The van der Waals surface area contributed by atoms with Gasteiger partial charge in [-0.05, 0) is 23.7 Å². The van der Waals surface area contributed by atoms with Crippen molar-refractivity contribution in [1.29, 1.82) is 0 Å². The molecule has 1 fully saturated rings. The first kappa shape index (κ1) is 17.9. The van der Waals surface area contributed by atoms with Crippen LogP contribution in [0.2, 0.25) is 0 Å². The normalized spacial score (nSPS) is 32.4. The fourth-order valence-electron chi connectivity index (χ4n) is 3.34. The van der Waals surface area contributed by atoms with E-state index in [2.05, 4.69) is 34.6 Å². The minimum absolute atomic E-state index is 0.0491. The Bertz CT molecular complexity index is 301. The van der Waals surface area contributed by atoms with Gasteiger partial charge in [0.2, 0.25) is 0 Å². The smallest absolute Gasteiger partial charge is 0.107 e. The lowest BCUT2D eigenvalue weighted by atomic mass is 9.70. The molecule has 0 aromatic carbocycles.